The Morgan fingerprint density at radius 2 is 0.959 bits per heavy atom. The Morgan fingerprint density at radius 3 is 1.55 bits per heavy atom. The van der Waals surface area contributed by atoms with Gasteiger partial charge in [0, 0.05) is 22.6 Å². The van der Waals surface area contributed by atoms with E-state index in [2.05, 4.69) is 152 Å². The summed E-state index contributed by atoms with van der Waals surface area (Å²) in [6.07, 6.45) is 7.62. The van der Waals surface area contributed by atoms with E-state index in [0.29, 0.717) is 23.4 Å². The first-order chi connectivity index (χ1) is 24.3. The number of benzene rings is 6. The van der Waals surface area contributed by atoms with Crippen LogP contribution in [0.5, 0.6) is 0 Å². The van der Waals surface area contributed by atoms with Crippen LogP contribution in [0.25, 0.3) is 50.6 Å². The van der Waals surface area contributed by atoms with Crippen LogP contribution in [0.2, 0.25) is 0 Å². The Hall–Kier alpha value is -6.19. The number of aromatic nitrogens is 3. The normalized spacial score (nSPS) is 16.1. The van der Waals surface area contributed by atoms with Crippen LogP contribution in [0.15, 0.2) is 170 Å². The topological polar surface area (TPSA) is 38.7 Å². The highest BCUT2D eigenvalue weighted by Gasteiger charge is 2.51. The Bertz CT molecular complexity index is 2410. The summed E-state index contributed by atoms with van der Waals surface area (Å²) < 4.78 is 0. The van der Waals surface area contributed by atoms with E-state index >= 15 is 0 Å². The molecule has 0 saturated heterocycles. The van der Waals surface area contributed by atoms with Gasteiger partial charge < -0.3 is 0 Å². The molecule has 1 aromatic heterocycles. The van der Waals surface area contributed by atoms with Crippen LogP contribution in [0, 0.1) is 0 Å². The standard InChI is InChI=1S/C46H31N3/c1-3-13-30(14-4-1)31-23-25-33(26-24-31)44-47-43(32-15-5-2-6-16-32)48-45(49-44)34-27-28-38-37-19-9-12-22-41(37)46(42(38)29-34)39-20-10-7-17-35(39)36-18-8-11-21-40(36)46/h1-23,25-29,31H,24H2. The van der Waals surface area contributed by atoms with E-state index < -0.39 is 5.41 Å². The Kier molecular flexibility index (Phi) is 6.22. The molecule has 0 saturated carbocycles. The zero-order valence-corrected chi connectivity index (χ0v) is 26.8. The maximum atomic E-state index is 5.19. The van der Waals surface area contributed by atoms with Crippen molar-refractivity contribution in [3.63, 3.8) is 0 Å². The molecule has 3 heteroatoms. The molecule has 7 aromatic rings. The van der Waals surface area contributed by atoms with Crippen molar-refractivity contribution in [1.29, 1.82) is 0 Å². The third-order valence-corrected chi connectivity index (χ3v) is 10.5. The van der Waals surface area contributed by atoms with Crippen LogP contribution in [-0.2, 0) is 5.41 Å². The molecular formula is C46H31N3. The van der Waals surface area contributed by atoms with E-state index in [1.165, 1.54) is 50.1 Å². The van der Waals surface area contributed by atoms with Crippen LogP contribution >= 0.6 is 0 Å². The first-order valence-electron chi connectivity index (χ1n) is 17.0. The van der Waals surface area contributed by atoms with E-state index in [-0.39, 0.29) is 0 Å². The van der Waals surface area contributed by atoms with E-state index in [0.717, 1.165) is 23.1 Å². The predicted octanol–water partition coefficient (Wildman–Crippen LogP) is 10.7. The summed E-state index contributed by atoms with van der Waals surface area (Å²) >= 11 is 0. The molecule has 1 atom stereocenters. The highest BCUT2D eigenvalue weighted by atomic mass is 15.0. The van der Waals surface area contributed by atoms with Gasteiger partial charge in [-0.2, -0.15) is 0 Å². The van der Waals surface area contributed by atoms with Crippen molar-refractivity contribution in [2.75, 3.05) is 0 Å². The number of fused-ring (bicyclic) bond motifs is 10. The average molecular weight is 626 g/mol. The first-order valence-corrected chi connectivity index (χ1v) is 17.0. The molecule has 0 fully saturated rings. The summed E-state index contributed by atoms with van der Waals surface area (Å²) in [4.78, 5) is 15.4. The second-order valence-corrected chi connectivity index (χ2v) is 13.1. The summed E-state index contributed by atoms with van der Waals surface area (Å²) in [5, 5.41) is 0. The zero-order chi connectivity index (χ0) is 32.4. The van der Waals surface area contributed by atoms with Gasteiger partial charge in [0.25, 0.3) is 0 Å². The second-order valence-electron chi connectivity index (χ2n) is 13.1. The number of hydrogen-bond donors (Lipinski definition) is 0. The molecule has 0 N–H and O–H groups in total. The molecule has 3 aliphatic rings. The fourth-order valence-electron chi connectivity index (χ4n) is 8.32. The van der Waals surface area contributed by atoms with Gasteiger partial charge in [-0.3, -0.25) is 0 Å². The lowest BCUT2D eigenvalue weighted by Gasteiger charge is -2.30. The van der Waals surface area contributed by atoms with Crippen LogP contribution < -0.4 is 0 Å². The Balaban J connectivity index is 1.16. The Labute approximate surface area is 286 Å². The first kappa shape index (κ1) is 27.9. The van der Waals surface area contributed by atoms with Crippen LogP contribution in [0.1, 0.15) is 46.0 Å². The van der Waals surface area contributed by atoms with Gasteiger partial charge in [0.1, 0.15) is 0 Å². The Morgan fingerprint density at radius 1 is 0.449 bits per heavy atom. The number of nitrogens with zero attached hydrogens (tertiary/aromatic N) is 3. The molecule has 0 amide bonds. The molecule has 6 aromatic carbocycles. The van der Waals surface area contributed by atoms with Crippen molar-refractivity contribution < 1.29 is 0 Å². The van der Waals surface area contributed by atoms with E-state index in [1.54, 1.807) is 0 Å². The molecule has 3 nitrogen and oxygen atoms in total. The molecule has 0 radical (unpaired) electrons. The van der Waals surface area contributed by atoms with Gasteiger partial charge in [0.2, 0.25) is 0 Å². The molecule has 10 rings (SSSR count). The molecular weight excluding hydrogens is 595 g/mol. The largest absolute Gasteiger partial charge is 0.208 e. The molecule has 1 spiro atoms. The molecule has 1 unspecified atom stereocenters. The number of rotatable bonds is 4. The number of hydrogen-bond acceptors (Lipinski definition) is 3. The van der Waals surface area contributed by atoms with Crippen molar-refractivity contribution in [2.45, 2.75) is 17.8 Å². The van der Waals surface area contributed by atoms with E-state index in [4.69, 9.17) is 15.0 Å². The molecule has 230 valence electrons. The lowest BCUT2D eigenvalue weighted by atomic mass is 9.70. The zero-order valence-electron chi connectivity index (χ0n) is 26.8. The van der Waals surface area contributed by atoms with Crippen molar-refractivity contribution in [3.8, 4) is 45.0 Å². The minimum absolute atomic E-state index is 0.339. The summed E-state index contributed by atoms with van der Waals surface area (Å²) in [6, 6.07) is 54.4. The van der Waals surface area contributed by atoms with Gasteiger partial charge in [0.05, 0.1) is 5.41 Å². The van der Waals surface area contributed by atoms with Gasteiger partial charge in [-0.1, -0.05) is 164 Å². The summed E-state index contributed by atoms with van der Waals surface area (Å²) in [5.74, 6) is 2.39. The van der Waals surface area contributed by atoms with Gasteiger partial charge >= 0.3 is 0 Å². The van der Waals surface area contributed by atoms with Crippen molar-refractivity contribution in [2.24, 2.45) is 0 Å². The summed E-state index contributed by atoms with van der Waals surface area (Å²) in [5.41, 5.74) is 14.3. The quantitative estimate of drug-likeness (QED) is 0.195. The van der Waals surface area contributed by atoms with Gasteiger partial charge in [-0.05, 0) is 62.6 Å². The summed E-state index contributed by atoms with van der Waals surface area (Å²) in [7, 11) is 0. The highest BCUT2D eigenvalue weighted by Crippen LogP contribution is 2.62. The third kappa shape index (κ3) is 4.19. The lowest BCUT2D eigenvalue weighted by Crippen LogP contribution is -2.25. The molecule has 0 aliphatic heterocycles. The molecule has 49 heavy (non-hydrogen) atoms. The van der Waals surface area contributed by atoms with Crippen LogP contribution in [-0.4, -0.2) is 15.0 Å². The SMILES string of the molecule is C1=CC(c2ccccc2)CC=C1c1nc(-c2ccccc2)nc(-c2ccc3c(c2)C2(c4ccccc4-c4ccccc42)c2ccccc2-3)n1. The minimum Gasteiger partial charge on any atom is -0.208 e. The van der Waals surface area contributed by atoms with Crippen molar-refractivity contribution >= 4 is 5.57 Å². The summed E-state index contributed by atoms with van der Waals surface area (Å²) in [6.45, 7) is 0. The van der Waals surface area contributed by atoms with E-state index in [1.807, 2.05) is 18.2 Å². The molecule has 3 aliphatic carbocycles. The molecule has 1 heterocycles. The third-order valence-electron chi connectivity index (χ3n) is 10.5. The predicted molar refractivity (Wildman–Crippen MR) is 198 cm³/mol. The van der Waals surface area contributed by atoms with Crippen molar-refractivity contribution in [3.05, 3.63) is 204 Å². The lowest BCUT2D eigenvalue weighted by molar-refractivity contribution is 0.794. The van der Waals surface area contributed by atoms with Crippen molar-refractivity contribution in [1.82, 2.24) is 15.0 Å². The highest BCUT2D eigenvalue weighted by molar-refractivity contribution is 5.95. The second kappa shape index (κ2) is 10.9. The fourth-order valence-corrected chi connectivity index (χ4v) is 8.32. The molecule has 0 bridgehead atoms. The van der Waals surface area contributed by atoms with Crippen LogP contribution in [0.4, 0.5) is 0 Å². The smallest absolute Gasteiger partial charge is 0.164 e. The van der Waals surface area contributed by atoms with Gasteiger partial charge in [0.15, 0.2) is 17.5 Å². The maximum Gasteiger partial charge on any atom is 0.164 e. The maximum absolute atomic E-state index is 5.19. The van der Waals surface area contributed by atoms with Gasteiger partial charge in [-0.25, -0.2) is 15.0 Å². The van der Waals surface area contributed by atoms with Gasteiger partial charge in [-0.15, -0.1) is 0 Å². The fraction of sp³-hybridized carbons (Fsp3) is 0.0652. The monoisotopic (exact) mass is 625 g/mol. The average Bonchev–Trinajstić information content (AvgIpc) is 3.66. The minimum atomic E-state index is -0.422. The van der Waals surface area contributed by atoms with Crippen LogP contribution in [0.3, 0.4) is 0 Å². The number of allylic oxidation sites excluding steroid dienone is 4. The van der Waals surface area contributed by atoms with E-state index in [9.17, 15) is 0 Å².